The van der Waals surface area contributed by atoms with E-state index in [2.05, 4.69) is 67.5 Å². The molecule has 2 N–H and O–H groups in total. The van der Waals surface area contributed by atoms with E-state index in [-0.39, 0.29) is 11.9 Å². The number of anilines is 3. The molecule has 0 bridgehead atoms. The van der Waals surface area contributed by atoms with Gasteiger partial charge in [0.1, 0.15) is 0 Å². The van der Waals surface area contributed by atoms with Gasteiger partial charge >= 0.3 is 0 Å². The van der Waals surface area contributed by atoms with Gasteiger partial charge in [-0.05, 0) is 75.2 Å². The van der Waals surface area contributed by atoms with E-state index in [4.69, 9.17) is 0 Å². The molecule has 5 heteroatoms. The second-order valence-electron chi connectivity index (χ2n) is 8.03. The predicted octanol–water partition coefficient (Wildman–Crippen LogP) is 4.74. The maximum Gasteiger partial charge on any atom is 0.244 e. The fourth-order valence-electron chi connectivity index (χ4n) is 3.69. The molecule has 1 unspecified atom stereocenters. The number of amides is 1. The van der Waals surface area contributed by atoms with Crippen molar-refractivity contribution in [2.75, 3.05) is 42.3 Å². The Morgan fingerprint density at radius 1 is 0.900 bits per heavy atom. The van der Waals surface area contributed by atoms with Crippen LogP contribution in [-0.2, 0) is 11.3 Å². The van der Waals surface area contributed by atoms with Gasteiger partial charge in [0.2, 0.25) is 5.91 Å². The first-order chi connectivity index (χ1) is 14.4. The van der Waals surface area contributed by atoms with Crippen molar-refractivity contribution in [3.63, 3.8) is 0 Å². The number of benzene rings is 2. The Morgan fingerprint density at radius 3 is 1.93 bits per heavy atom. The van der Waals surface area contributed by atoms with Gasteiger partial charge < -0.3 is 20.4 Å². The number of nitrogens with one attached hydrogen (secondary N) is 2. The van der Waals surface area contributed by atoms with Crippen molar-refractivity contribution in [1.82, 2.24) is 5.32 Å². The summed E-state index contributed by atoms with van der Waals surface area (Å²) in [6.45, 7) is 11.1. The maximum atomic E-state index is 13.5. The highest BCUT2D eigenvalue weighted by molar-refractivity contribution is 5.97. The van der Waals surface area contributed by atoms with Gasteiger partial charge in [0.05, 0.1) is 12.6 Å². The fraction of sp³-hybridized carbons (Fsp3) is 0.480. The first kappa shape index (κ1) is 23.7. The van der Waals surface area contributed by atoms with Gasteiger partial charge in [-0.3, -0.25) is 4.79 Å². The Balaban J connectivity index is 2.31. The molecule has 0 fully saturated rings. The number of rotatable bonds is 11. The largest absolute Gasteiger partial charge is 0.388 e. The lowest BCUT2D eigenvalue weighted by molar-refractivity contribution is -0.121. The molecule has 1 atom stereocenters. The molecule has 0 saturated carbocycles. The molecule has 0 aliphatic carbocycles. The average Bonchev–Trinajstić information content (AvgIpc) is 2.77. The Hall–Kier alpha value is -2.53. The van der Waals surface area contributed by atoms with Crippen molar-refractivity contribution in [2.45, 2.75) is 46.7 Å². The smallest absolute Gasteiger partial charge is 0.244 e. The highest BCUT2D eigenvalue weighted by Crippen LogP contribution is 2.23. The average molecular weight is 411 g/mol. The Kier molecular flexibility index (Phi) is 9.18. The highest BCUT2D eigenvalue weighted by atomic mass is 16.2. The minimum atomic E-state index is -0.205. The van der Waals surface area contributed by atoms with E-state index >= 15 is 0 Å². The number of hydrogen-bond donors (Lipinski definition) is 2. The number of carbonyl (C=O) groups is 1. The molecule has 0 heterocycles. The quantitative estimate of drug-likeness (QED) is 0.562. The van der Waals surface area contributed by atoms with Crippen molar-refractivity contribution in [1.29, 1.82) is 0 Å². The number of hydrogen-bond acceptors (Lipinski definition) is 4. The standard InChI is InChI=1S/C25H38N4O/c1-7-28(8-2)22-13-9-20(10-14-22)18-29(23-15-11-21(26-5)12-16-23)25(30)24(27-6)17-19(3)4/h9-16,19,24,26-27H,7-8,17-18H2,1-6H3. The second-order valence-corrected chi connectivity index (χ2v) is 8.03. The van der Waals surface area contributed by atoms with Crippen molar-refractivity contribution in [2.24, 2.45) is 5.92 Å². The molecule has 30 heavy (non-hydrogen) atoms. The summed E-state index contributed by atoms with van der Waals surface area (Å²) >= 11 is 0. The van der Waals surface area contributed by atoms with Crippen molar-refractivity contribution >= 4 is 23.0 Å². The zero-order valence-corrected chi connectivity index (χ0v) is 19.4. The Morgan fingerprint density at radius 2 is 1.47 bits per heavy atom. The first-order valence-corrected chi connectivity index (χ1v) is 11.0. The van der Waals surface area contributed by atoms with Crippen LogP contribution in [0.15, 0.2) is 48.5 Å². The summed E-state index contributed by atoms with van der Waals surface area (Å²) in [5.74, 6) is 0.546. The summed E-state index contributed by atoms with van der Waals surface area (Å²) in [6.07, 6.45) is 0.807. The SMILES string of the molecule is CCN(CC)c1ccc(CN(C(=O)C(CC(C)C)NC)c2ccc(NC)cc2)cc1. The van der Waals surface area contributed by atoms with Crippen LogP contribution < -0.4 is 20.4 Å². The van der Waals surface area contributed by atoms with E-state index in [9.17, 15) is 4.79 Å². The second kappa shape index (κ2) is 11.6. The normalized spacial score (nSPS) is 12.0. The minimum absolute atomic E-state index is 0.108. The summed E-state index contributed by atoms with van der Waals surface area (Å²) in [4.78, 5) is 17.7. The van der Waals surface area contributed by atoms with Crippen LogP contribution in [0.2, 0.25) is 0 Å². The van der Waals surface area contributed by atoms with Gasteiger partial charge in [-0.1, -0.05) is 26.0 Å². The van der Waals surface area contributed by atoms with Crippen LogP contribution in [0, 0.1) is 5.92 Å². The van der Waals surface area contributed by atoms with Crippen LogP contribution in [0.3, 0.4) is 0 Å². The molecule has 0 aliphatic rings. The lowest BCUT2D eigenvalue weighted by Gasteiger charge is -2.29. The van der Waals surface area contributed by atoms with Gasteiger partial charge in [-0.15, -0.1) is 0 Å². The summed E-state index contributed by atoms with van der Waals surface area (Å²) < 4.78 is 0. The maximum absolute atomic E-state index is 13.5. The predicted molar refractivity (Wildman–Crippen MR) is 129 cm³/mol. The third-order valence-electron chi connectivity index (χ3n) is 5.49. The van der Waals surface area contributed by atoms with Crippen LogP contribution in [0.5, 0.6) is 0 Å². The molecule has 0 aliphatic heterocycles. The van der Waals surface area contributed by atoms with E-state index in [1.54, 1.807) is 0 Å². The van der Waals surface area contributed by atoms with Crippen LogP contribution >= 0.6 is 0 Å². The summed E-state index contributed by atoms with van der Waals surface area (Å²) in [5.41, 5.74) is 4.28. The van der Waals surface area contributed by atoms with Gasteiger partial charge in [0.15, 0.2) is 0 Å². The van der Waals surface area contributed by atoms with Gasteiger partial charge in [-0.25, -0.2) is 0 Å². The van der Waals surface area contributed by atoms with E-state index in [1.807, 2.05) is 43.3 Å². The zero-order chi connectivity index (χ0) is 22.1. The van der Waals surface area contributed by atoms with E-state index < -0.39 is 0 Å². The molecule has 5 nitrogen and oxygen atoms in total. The van der Waals surface area contributed by atoms with Crippen LogP contribution in [0.25, 0.3) is 0 Å². The summed E-state index contributed by atoms with van der Waals surface area (Å²) in [7, 11) is 3.77. The molecule has 2 aromatic carbocycles. The lowest BCUT2D eigenvalue weighted by Crippen LogP contribution is -2.45. The highest BCUT2D eigenvalue weighted by Gasteiger charge is 2.25. The number of likely N-dealkylation sites (N-methyl/N-ethyl adjacent to an activating group) is 1. The molecule has 0 aromatic heterocycles. The Labute approximate surface area is 182 Å². The van der Waals surface area contributed by atoms with Gasteiger partial charge in [-0.2, -0.15) is 0 Å². The van der Waals surface area contributed by atoms with Crippen molar-refractivity contribution in [3.05, 3.63) is 54.1 Å². The van der Waals surface area contributed by atoms with Crippen LogP contribution in [0.1, 0.15) is 39.7 Å². The van der Waals surface area contributed by atoms with Crippen molar-refractivity contribution in [3.8, 4) is 0 Å². The molecular weight excluding hydrogens is 372 g/mol. The number of carbonyl (C=O) groups excluding carboxylic acids is 1. The third-order valence-corrected chi connectivity index (χ3v) is 5.49. The molecule has 164 valence electrons. The molecule has 0 radical (unpaired) electrons. The van der Waals surface area contributed by atoms with E-state index in [1.165, 1.54) is 5.69 Å². The molecule has 0 spiro atoms. The zero-order valence-electron chi connectivity index (χ0n) is 19.4. The molecule has 2 rings (SSSR count). The van der Waals surface area contributed by atoms with Crippen LogP contribution in [0.4, 0.5) is 17.1 Å². The Bertz CT molecular complexity index is 767. The molecular formula is C25H38N4O. The summed E-state index contributed by atoms with van der Waals surface area (Å²) in [6, 6.07) is 16.4. The first-order valence-electron chi connectivity index (χ1n) is 11.0. The third kappa shape index (κ3) is 6.23. The molecule has 2 aromatic rings. The summed E-state index contributed by atoms with van der Waals surface area (Å²) in [5, 5.41) is 6.36. The van der Waals surface area contributed by atoms with Crippen molar-refractivity contribution < 1.29 is 4.79 Å². The van der Waals surface area contributed by atoms with E-state index in [0.717, 1.165) is 36.4 Å². The van der Waals surface area contributed by atoms with Gasteiger partial charge in [0, 0.05) is 37.2 Å². The molecule has 0 saturated heterocycles. The van der Waals surface area contributed by atoms with Gasteiger partial charge in [0.25, 0.3) is 0 Å². The minimum Gasteiger partial charge on any atom is -0.388 e. The number of nitrogens with zero attached hydrogens (tertiary/aromatic N) is 2. The van der Waals surface area contributed by atoms with E-state index in [0.29, 0.717) is 12.5 Å². The monoisotopic (exact) mass is 410 g/mol. The fourth-order valence-corrected chi connectivity index (χ4v) is 3.69. The van der Waals surface area contributed by atoms with Crippen LogP contribution in [-0.4, -0.2) is 39.1 Å². The molecule has 1 amide bonds. The topological polar surface area (TPSA) is 47.6 Å². The lowest BCUT2D eigenvalue weighted by atomic mass is 10.0.